The lowest BCUT2D eigenvalue weighted by atomic mass is 9.88. The normalized spacial score (nSPS) is 24.7. The highest BCUT2D eigenvalue weighted by molar-refractivity contribution is 5.89. The van der Waals surface area contributed by atoms with Crippen LogP contribution in [0.4, 0.5) is 10.1 Å². The van der Waals surface area contributed by atoms with Crippen molar-refractivity contribution in [1.82, 2.24) is 9.97 Å². The molecule has 0 amide bonds. The van der Waals surface area contributed by atoms with E-state index in [-0.39, 0.29) is 12.1 Å². The standard InChI is InChI=1S/C16H21FN4O2/c1-21(12-6-3-9(18)7-13(12)22)16-10(17)4-5-11-15(16)20-14(23-2)8-19-11/h4-5,8-9,12-13,22H,3,6-7,18H2,1-2H3/t9-,12-,13+/m1/s1. The molecular formula is C16H21FN4O2. The van der Waals surface area contributed by atoms with Crippen LogP contribution in [0.5, 0.6) is 5.88 Å². The van der Waals surface area contributed by atoms with Crippen LogP contribution in [0, 0.1) is 5.82 Å². The fourth-order valence-corrected chi connectivity index (χ4v) is 3.24. The minimum Gasteiger partial charge on any atom is -0.480 e. The molecule has 124 valence electrons. The van der Waals surface area contributed by atoms with E-state index in [1.807, 2.05) is 0 Å². The Morgan fingerprint density at radius 1 is 1.39 bits per heavy atom. The van der Waals surface area contributed by atoms with Gasteiger partial charge in [0.25, 0.3) is 0 Å². The van der Waals surface area contributed by atoms with E-state index in [4.69, 9.17) is 10.5 Å². The van der Waals surface area contributed by atoms with Crippen LogP contribution in [-0.4, -0.2) is 47.4 Å². The number of aliphatic hydroxyl groups excluding tert-OH is 1. The number of anilines is 1. The number of likely N-dealkylation sites (N-methyl/N-ethyl adjacent to an activating group) is 1. The first-order chi connectivity index (χ1) is 11.0. The first-order valence-electron chi connectivity index (χ1n) is 7.67. The number of aromatic nitrogens is 2. The number of nitrogens with two attached hydrogens (primary N) is 1. The van der Waals surface area contributed by atoms with Crippen LogP contribution in [0.3, 0.4) is 0 Å². The molecule has 1 saturated carbocycles. The lowest BCUT2D eigenvalue weighted by molar-refractivity contribution is 0.0969. The summed E-state index contributed by atoms with van der Waals surface area (Å²) in [5.74, 6) is -0.0754. The van der Waals surface area contributed by atoms with Gasteiger partial charge >= 0.3 is 0 Å². The number of fused-ring (bicyclic) bond motifs is 1. The number of ether oxygens (including phenoxy) is 1. The number of halogens is 1. The summed E-state index contributed by atoms with van der Waals surface area (Å²) in [6, 6.07) is 2.74. The molecule has 1 fully saturated rings. The van der Waals surface area contributed by atoms with Crippen molar-refractivity contribution in [2.75, 3.05) is 19.1 Å². The van der Waals surface area contributed by atoms with Crippen LogP contribution in [-0.2, 0) is 0 Å². The van der Waals surface area contributed by atoms with Crippen LogP contribution in [0.15, 0.2) is 18.3 Å². The van der Waals surface area contributed by atoms with Gasteiger partial charge in [-0.2, -0.15) is 0 Å². The molecule has 0 saturated heterocycles. The third kappa shape index (κ3) is 2.94. The fourth-order valence-electron chi connectivity index (χ4n) is 3.24. The molecule has 0 radical (unpaired) electrons. The molecule has 0 bridgehead atoms. The van der Waals surface area contributed by atoms with Gasteiger partial charge in [-0.3, -0.25) is 0 Å². The topological polar surface area (TPSA) is 84.5 Å². The Hall–Kier alpha value is -1.99. The third-order valence-corrected chi connectivity index (χ3v) is 4.50. The number of rotatable bonds is 3. The van der Waals surface area contributed by atoms with Crippen molar-refractivity contribution in [3.8, 4) is 5.88 Å². The molecular weight excluding hydrogens is 299 g/mol. The Morgan fingerprint density at radius 3 is 2.87 bits per heavy atom. The van der Waals surface area contributed by atoms with E-state index in [1.54, 1.807) is 18.0 Å². The van der Waals surface area contributed by atoms with Crippen molar-refractivity contribution < 1.29 is 14.2 Å². The maximum absolute atomic E-state index is 14.5. The van der Waals surface area contributed by atoms with E-state index in [2.05, 4.69) is 9.97 Å². The van der Waals surface area contributed by atoms with Crippen LogP contribution in [0.1, 0.15) is 19.3 Å². The van der Waals surface area contributed by atoms with E-state index >= 15 is 0 Å². The summed E-state index contributed by atoms with van der Waals surface area (Å²) >= 11 is 0. The number of hydrogen-bond acceptors (Lipinski definition) is 6. The quantitative estimate of drug-likeness (QED) is 0.890. The smallest absolute Gasteiger partial charge is 0.232 e. The molecule has 1 aliphatic rings. The highest BCUT2D eigenvalue weighted by atomic mass is 19.1. The van der Waals surface area contributed by atoms with Crippen LogP contribution in [0.25, 0.3) is 11.0 Å². The summed E-state index contributed by atoms with van der Waals surface area (Å²) < 4.78 is 19.6. The third-order valence-electron chi connectivity index (χ3n) is 4.50. The maximum Gasteiger partial charge on any atom is 0.232 e. The van der Waals surface area contributed by atoms with Gasteiger partial charge in [-0.15, -0.1) is 0 Å². The van der Waals surface area contributed by atoms with Gasteiger partial charge in [0, 0.05) is 13.1 Å². The molecule has 3 atom stereocenters. The highest BCUT2D eigenvalue weighted by Crippen LogP contribution is 2.33. The SMILES string of the molecule is COc1cnc2ccc(F)c(N(C)[C@@H]3CC[C@@H](N)C[C@@H]3O)c2n1. The minimum atomic E-state index is -0.600. The highest BCUT2D eigenvalue weighted by Gasteiger charge is 2.32. The molecule has 0 aliphatic heterocycles. The van der Waals surface area contributed by atoms with Crippen molar-refractivity contribution in [3.05, 3.63) is 24.1 Å². The number of hydrogen-bond donors (Lipinski definition) is 2. The van der Waals surface area contributed by atoms with Crippen LogP contribution >= 0.6 is 0 Å². The molecule has 23 heavy (non-hydrogen) atoms. The predicted molar refractivity (Wildman–Crippen MR) is 86.1 cm³/mol. The molecule has 3 rings (SSSR count). The zero-order valence-electron chi connectivity index (χ0n) is 13.2. The molecule has 7 heteroatoms. The Kier molecular flexibility index (Phi) is 4.32. The van der Waals surface area contributed by atoms with Gasteiger partial charge < -0.3 is 20.5 Å². The number of aliphatic hydroxyl groups is 1. The van der Waals surface area contributed by atoms with Gasteiger partial charge in [0.05, 0.1) is 31.0 Å². The van der Waals surface area contributed by atoms with Gasteiger partial charge in [-0.25, -0.2) is 14.4 Å². The first kappa shape index (κ1) is 15.9. The monoisotopic (exact) mass is 320 g/mol. The van der Waals surface area contributed by atoms with E-state index in [1.165, 1.54) is 19.4 Å². The van der Waals surface area contributed by atoms with Gasteiger partial charge in [0.2, 0.25) is 5.88 Å². The summed E-state index contributed by atoms with van der Waals surface area (Å²) in [6.07, 6.45) is 2.91. The molecule has 1 heterocycles. The molecule has 3 N–H and O–H groups in total. The zero-order valence-corrected chi connectivity index (χ0v) is 13.2. The molecule has 1 aromatic heterocycles. The van der Waals surface area contributed by atoms with Crippen molar-refractivity contribution in [2.45, 2.75) is 37.5 Å². The lowest BCUT2D eigenvalue weighted by Crippen LogP contribution is -2.48. The van der Waals surface area contributed by atoms with Crippen LogP contribution in [0.2, 0.25) is 0 Å². The largest absolute Gasteiger partial charge is 0.480 e. The average molecular weight is 320 g/mol. The Balaban J connectivity index is 2.05. The number of benzene rings is 1. The Labute approximate surface area is 134 Å². The molecule has 1 aliphatic carbocycles. The first-order valence-corrected chi connectivity index (χ1v) is 7.67. The van der Waals surface area contributed by atoms with Gasteiger partial charge in [-0.1, -0.05) is 0 Å². The van der Waals surface area contributed by atoms with Crippen molar-refractivity contribution in [2.24, 2.45) is 5.73 Å². The van der Waals surface area contributed by atoms with E-state index in [0.29, 0.717) is 35.4 Å². The molecule has 0 spiro atoms. The average Bonchev–Trinajstić information content (AvgIpc) is 2.53. The maximum atomic E-state index is 14.5. The van der Waals surface area contributed by atoms with E-state index < -0.39 is 11.9 Å². The lowest BCUT2D eigenvalue weighted by Gasteiger charge is -2.38. The summed E-state index contributed by atoms with van der Waals surface area (Å²) in [4.78, 5) is 10.3. The summed E-state index contributed by atoms with van der Waals surface area (Å²) in [7, 11) is 3.26. The summed E-state index contributed by atoms with van der Waals surface area (Å²) in [5.41, 5.74) is 7.22. The van der Waals surface area contributed by atoms with Gasteiger partial charge in [-0.05, 0) is 31.4 Å². The molecule has 2 aromatic rings. The predicted octanol–water partition coefficient (Wildman–Crippen LogP) is 1.45. The second-order valence-electron chi connectivity index (χ2n) is 5.99. The Morgan fingerprint density at radius 2 is 2.17 bits per heavy atom. The van der Waals surface area contributed by atoms with E-state index in [0.717, 1.165) is 6.42 Å². The zero-order chi connectivity index (χ0) is 16.6. The fraction of sp³-hybridized carbons (Fsp3) is 0.500. The second kappa shape index (κ2) is 6.25. The van der Waals surface area contributed by atoms with Crippen molar-refractivity contribution in [3.63, 3.8) is 0 Å². The summed E-state index contributed by atoms with van der Waals surface area (Å²) in [6.45, 7) is 0. The molecule has 0 unspecified atom stereocenters. The molecule has 6 nitrogen and oxygen atoms in total. The second-order valence-corrected chi connectivity index (χ2v) is 5.99. The van der Waals surface area contributed by atoms with Crippen LogP contribution < -0.4 is 15.4 Å². The number of methoxy groups -OCH3 is 1. The summed E-state index contributed by atoms with van der Waals surface area (Å²) in [5, 5.41) is 10.3. The molecule has 1 aromatic carbocycles. The minimum absolute atomic E-state index is 0.00750. The van der Waals surface area contributed by atoms with E-state index in [9.17, 15) is 9.50 Å². The van der Waals surface area contributed by atoms with Crippen molar-refractivity contribution >= 4 is 16.7 Å². The Bertz CT molecular complexity index is 712. The van der Waals surface area contributed by atoms with Gasteiger partial charge in [0.1, 0.15) is 17.0 Å². The number of nitrogens with zero attached hydrogens (tertiary/aromatic N) is 3. The van der Waals surface area contributed by atoms with Crippen molar-refractivity contribution in [1.29, 1.82) is 0 Å². The van der Waals surface area contributed by atoms with Gasteiger partial charge in [0.15, 0.2) is 0 Å².